The first kappa shape index (κ1) is 12.8. The van der Waals surface area contributed by atoms with Crippen molar-refractivity contribution < 1.29 is 9.90 Å². The summed E-state index contributed by atoms with van der Waals surface area (Å²) in [6.45, 7) is 3.53. The summed E-state index contributed by atoms with van der Waals surface area (Å²) in [4.78, 5) is 12.0. The van der Waals surface area contributed by atoms with Crippen molar-refractivity contribution >= 4 is 5.91 Å². The molecule has 17 heavy (non-hydrogen) atoms. The third-order valence-electron chi connectivity index (χ3n) is 4.28. The lowest BCUT2D eigenvalue weighted by molar-refractivity contribution is -0.126. The molecule has 0 aromatic carbocycles. The predicted octanol–water partition coefficient (Wildman–Crippen LogP) is 0.796. The highest BCUT2D eigenvalue weighted by Gasteiger charge is 2.35. The van der Waals surface area contributed by atoms with Crippen LogP contribution in [0.5, 0.6) is 0 Å². The highest BCUT2D eigenvalue weighted by atomic mass is 16.3. The van der Waals surface area contributed by atoms with E-state index in [0.29, 0.717) is 12.5 Å². The average molecular weight is 240 g/mol. The Morgan fingerprint density at radius 2 is 2.29 bits per heavy atom. The van der Waals surface area contributed by atoms with Crippen molar-refractivity contribution in [2.45, 2.75) is 57.1 Å². The van der Waals surface area contributed by atoms with Crippen LogP contribution >= 0.6 is 0 Å². The van der Waals surface area contributed by atoms with Gasteiger partial charge in [-0.15, -0.1) is 0 Å². The topological polar surface area (TPSA) is 61.4 Å². The number of rotatable bonds is 4. The second kappa shape index (κ2) is 5.36. The van der Waals surface area contributed by atoms with E-state index in [2.05, 4.69) is 17.6 Å². The summed E-state index contributed by atoms with van der Waals surface area (Å²) >= 11 is 0. The molecule has 0 spiro atoms. The molecule has 1 saturated carbocycles. The first-order valence-corrected chi connectivity index (χ1v) is 6.86. The summed E-state index contributed by atoms with van der Waals surface area (Å²) in [5, 5.41) is 16.1. The van der Waals surface area contributed by atoms with E-state index in [4.69, 9.17) is 0 Å². The van der Waals surface area contributed by atoms with Gasteiger partial charge in [0.1, 0.15) is 0 Å². The highest BCUT2D eigenvalue weighted by molar-refractivity contribution is 5.81. The number of piperidine rings is 1. The molecule has 0 radical (unpaired) electrons. The Morgan fingerprint density at radius 1 is 1.53 bits per heavy atom. The number of nitrogens with one attached hydrogen (secondary N) is 2. The molecule has 2 aliphatic rings. The Kier molecular flexibility index (Phi) is 4.05. The minimum absolute atomic E-state index is 0.0580. The number of hydrogen-bond donors (Lipinski definition) is 3. The van der Waals surface area contributed by atoms with Crippen LogP contribution in [0, 0.1) is 5.92 Å². The van der Waals surface area contributed by atoms with Crippen LogP contribution in [-0.2, 0) is 4.79 Å². The van der Waals surface area contributed by atoms with Crippen molar-refractivity contribution in [3.05, 3.63) is 0 Å². The molecule has 1 saturated heterocycles. The quantitative estimate of drug-likeness (QED) is 0.681. The van der Waals surface area contributed by atoms with Gasteiger partial charge in [-0.3, -0.25) is 4.79 Å². The van der Waals surface area contributed by atoms with E-state index in [1.807, 2.05) is 0 Å². The third kappa shape index (κ3) is 3.19. The zero-order valence-corrected chi connectivity index (χ0v) is 10.7. The number of amides is 1. The maximum absolute atomic E-state index is 12.0. The SMILES string of the molecule is CCC1CCNC(C(=O)NCC2(O)CCC2)C1. The van der Waals surface area contributed by atoms with E-state index >= 15 is 0 Å². The Hall–Kier alpha value is -0.610. The Balaban J connectivity index is 1.75. The molecule has 2 unspecified atom stereocenters. The Morgan fingerprint density at radius 3 is 2.88 bits per heavy atom. The van der Waals surface area contributed by atoms with Gasteiger partial charge in [-0.1, -0.05) is 13.3 Å². The zero-order valence-electron chi connectivity index (χ0n) is 10.7. The van der Waals surface area contributed by atoms with Gasteiger partial charge in [0.25, 0.3) is 0 Å². The lowest BCUT2D eigenvalue weighted by Crippen LogP contribution is -2.54. The smallest absolute Gasteiger partial charge is 0.237 e. The first-order chi connectivity index (χ1) is 8.13. The van der Waals surface area contributed by atoms with Gasteiger partial charge < -0.3 is 15.7 Å². The molecule has 1 aliphatic heterocycles. The zero-order chi connectivity index (χ0) is 12.3. The average Bonchev–Trinajstić information content (AvgIpc) is 2.33. The Bertz CT molecular complexity index is 277. The molecule has 98 valence electrons. The van der Waals surface area contributed by atoms with Gasteiger partial charge in [-0.25, -0.2) is 0 Å². The minimum Gasteiger partial charge on any atom is -0.388 e. The van der Waals surface area contributed by atoms with Crippen molar-refractivity contribution in [1.29, 1.82) is 0 Å². The molecule has 4 heteroatoms. The van der Waals surface area contributed by atoms with Crippen molar-refractivity contribution in [3.8, 4) is 0 Å². The number of carbonyl (C=O) groups excluding carboxylic acids is 1. The largest absolute Gasteiger partial charge is 0.388 e. The number of carbonyl (C=O) groups is 1. The van der Waals surface area contributed by atoms with E-state index in [9.17, 15) is 9.90 Å². The number of hydrogen-bond acceptors (Lipinski definition) is 3. The lowest BCUT2D eigenvalue weighted by Gasteiger charge is -2.37. The van der Waals surface area contributed by atoms with E-state index in [1.165, 1.54) is 6.42 Å². The van der Waals surface area contributed by atoms with Crippen LogP contribution in [0.25, 0.3) is 0 Å². The first-order valence-electron chi connectivity index (χ1n) is 6.86. The Labute approximate surface area is 103 Å². The standard InChI is InChI=1S/C13H24N2O2/c1-2-10-4-7-14-11(8-10)12(16)15-9-13(17)5-3-6-13/h10-11,14,17H,2-9H2,1H3,(H,15,16). The fraction of sp³-hybridized carbons (Fsp3) is 0.923. The van der Waals surface area contributed by atoms with Crippen molar-refractivity contribution in [2.24, 2.45) is 5.92 Å². The summed E-state index contributed by atoms with van der Waals surface area (Å²) in [5.41, 5.74) is -0.617. The molecule has 0 bridgehead atoms. The van der Waals surface area contributed by atoms with E-state index < -0.39 is 5.60 Å². The molecule has 1 heterocycles. The minimum atomic E-state index is -0.617. The molecule has 2 atom stereocenters. The summed E-state index contributed by atoms with van der Waals surface area (Å²) in [6, 6.07) is -0.0580. The molecule has 1 aliphatic carbocycles. The van der Waals surface area contributed by atoms with Crippen LogP contribution < -0.4 is 10.6 Å². The third-order valence-corrected chi connectivity index (χ3v) is 4.28. The highest BCUT2D eigenvalue weighted by Crippen LogP contribution is 2.30. The van der Waals surface area contributed by atoms with Gasteiger partial charge in [0.2, 0.25) is 5.91 Å². The van der Waals surface area contributed by atoms with Crippen molar-refractivity contribution in [2.75, 3.05) is 13.1 Å². The van der Waals surface area contributed by atoms with Gasteiger partial charge in [-0.05, 0) is 44.6 Å². The normalized spacial score (nSPS) is 31.6. The van der Waals surface area contributed by atoms with Crippen molar-refractivity contribution in [1.82, 2.24) is 10.6 Å². The van der Waals surface area contributed by atoms with Gasteiger partial charge in [0.05, 0.1) is 11.6 Å². The van der Waals surface area contributed by atoms with Crippen LogP contribution in [-0.4, -0.2) is 35.7 Å². The van der Waals surface area contributed by atoms with Gasteiger partial charge in [0, 0.05) is 6.54 Å². The van der Waals surface area contributed by atoms with E-state index in [1.54, 1.807) is 0 Å². The molecule has 2 fully saturated rings. The molecular weight excluding hydrogens is 216 g/mol. The van der Waals surface area contributed by atoms with Crippen LogP contribution in [0.4, 0.5) is 0 Å². The van der Waals surface area contributed by atoms with Gasteiger partial charge in [-0.2, -0.15) is 0 Å². The fourth-order valence-electron chi connectivity index (χ4n) is 2.70. The summed E-state index contributed by atoms with van der Waals surface area (Å²) in [7, 11) is 0. The fourth-order valence-corrected chi connectivity index (χ4v) is 2.70. The van der Waals surface area contributed by atoms with E-state index in [-0.39, 0.29) is 11.9 Å². The van der Waals surface area contributed by atoms with Gasteiger partial charge in [0.15, 0.2) is 0 Å². The number of aliphatic hydroxyl groups is 1. The van der Waals surface area contributed by atoms with Crippen molar-refractivity contribution in [3.63, 3.8) is 0 Å². The summed E-state index contributed by atoms with van der Waals surface area (Å²) in [6.07, 6.45) is 5.97. The molecular formula is C13H24N2O2. The monoisotopic (exact) mass is 240 g/mol. The van der Waals surface area contributed by atoms with Gasteiger partial charge >= 0.3 is 0 Å². The second-order valence-electron chi connectivity index (χ2n) is 5.60. The molecule has 0 aromatic rings. The second-order valence-corrected chi connectivity index (χ2v) is 5.60. The predicted molar refractivity (Wildman–Crippen MR) is 66.6 cm³/mol. The van der Waals surface area contributed by atoms with E-state index in [0.717, 1.165) is 38.6 Å². The lowest BCUT2D eigenvalue weighted by atomic mass is 9.80. The van der Waals surface area contributed by atoms with Crippen LogP contribution in [0.15, 0.2) is 0 Å². The molecule has 1 amide bonds. The molecule has 2 rings (SSSR count). The summed E-state index contributed by atoms with van der Waals surface area (Å²) < 4.78 is 0. The van der Waals surface area contributed by atoms with Crippen LogP contribution in [0.3, 0.4) is 0 Å². The summed E-state index contributed by atoms with van der Waals surface area (Å²) in [5.74, 6) is 0.724. The maximum Gasteiger partial charge on any atom is 0.237 e. The van der Waals surface area contributed by atoms with Crippen LogP contribution in [0.1, 0.15) is 45.4 Å². The molecule has 4 nitrogen and oxygen atoms in total. The molecule has 0 aromatic heterocycles. The molecule has 3 N–H and O–H groups in total. The van der Waals surface area contributed by atoms with Crippen LogP contribution in [0.2, 0.25) is 0 Å². The maximum atomic E-state index is 12.0.